The number of halogens is 1. The number of hydrogen-bond acceptors (Lipinski definition) is 2. The van der Waals surface area contributed by atoms with Gasteiger partial charge in [0, 0.05) is 6.20 Å². The fourth-order valence-corrected chi connectivity index (χ4v) is 1.39. The van der Waals surface area contributed by atoms with Crippen LogP contribution in [0.5, 0.6) is 0 Å². The van der Waals surface area contributed by atoms with Gasteiger partial charge in [-0.05, 0) is 37.1 Å². The minimum absolute atomic E-state index is 0.561. The lowest BCUT2D eigenvalue weighted by Gasteiger charge is -2.09. The van der Waals surface area contributed by atoms with E-state index in [1.54, 1.807) is 0 Å². The zero-order valence-corrected chi connectivity index (χ0v) is 10.2. The van der Waals surface area contributed by atoms with Gasteiger partial charge in [-0.3, -0.25) is 0 Å². The largest absolute Gasteiger partial charge is 0.316 e. The summed E-state index contributed by atoms with van der Waals surface area (Å²) in [5, 5.41) is 4.00. The van der Waals surface area contributed by atoms with E-state index >= 15 is 0 Å². The van der Waals surface area contributed by atoms with Crippen molar-refractivity contribution in [2.24, 2.45) is 5.92 Å². The van der Waals surface area contributed by atoms with E-state index in [4.69, 9.17) is 11.6 Å². The minimum Gasteiger partial charge on any atom is -0.316 e. The summed E-state index contributed by atoms with van der Waals surface area (Å²) >= 11 is 5.71. The first-order chi connectivity index (χ1) is 7.22. The molecule has 0 aliphatic heterocycles. The topological polar surface area (TPSA) is 24.9 Å². The molecule has 1 aromatic rings. The summed E-state index contributed by atoms with van der Waals surface area (Å²) < 4.78 is 0. The molecule has 1 atom stereocenters. The summed E-state index contributed by atoms with van der Waals surface area (Å²) in [5.74, 6) is 0.758. The Morgan fingerprint density at radius 3 is 2.87 bits per heavy atom. The van der Waals surface area contributed by atoms with Gasteiger partial charge in [-0.2, -0.15) is 0 Å². The fraction of sp³-hybridized carbons (Fsp3) is 0.583. The van der Waals surface area contributed by atoms with Crippen LogP contribution in [-0.2, 0) is 6.42 Å². The highest BCUT2D eigenvalue weighted by Crippen LogP contribution is 2.05. The van der Waals surface area contributed by atoms with Crippen LogP contribution in [0.1, 0.15) is 25.8 Å². The third-order valence-electron chi connectivity index (χ3n) is 2.57. The van der Waals surface area contributed by atoms with E-state index in [1.165, 1.54) is 12.0 Å². The van der Waals surface area contributed by atoms with Gasteiger partial charge in [0.25, 0.3) is 0 Å². The second-order valence-electron chi connectivity index (χ2n) is 3.96. The molecule has 2 nitrogen and oxygen atoms in total. The summed E-state index contributed by atoms with van der Waals surface area (Å²) in [7, 11) is 0. The number of aromatic nitrogens is 1. The number of nitrogens with one attached hydrogen (secondary N) is 1. The van der Waals surface area contributed by atoms with Crippen molar-refractivity contribution in [3.05, 3.63) is 29.0 Å². The highest BCUT2D eigenvalue weighted by molar-refractivity contribution is 6.29. The molecule has 3 heteroatoms. The van der Waals surface area contributed by atoms with Crippen molar-refractivity contribution >= 4 is 11.6 Å². The predicted molar refractivity (Wildman–Crippen MR) is 65.3 cm³/mol. The minimum atomic E-state index is 0.561. The molecule has 0 spiro atoms. The van der Waals surface area contributed by atoms with Gasteiger partial charge in [0.2, 0.25) is 0 Å². The van der Waals surface area contributed by atoms with E-state index in [9.17, 15) is 0 Å². The van der Waals surface area contributed by atoms with Crippen molar-refractivity contribution in [1.29, 1.82) is 0 Å². The lowest BCUT2D eigenvalue weighted by atomic mass is 10.1. The fourth-order valence-electron chi connectivity index (χ4n) is 1.28. The van der Waals surface area contributed by atoms with E-state index in [0.29, 0.717) is 5.15 Å². The first-order valence-electron chi connectivity index (χ1n) is 5.53. The average molecular weight is 227 g/mol. The Kier molecular flexibility index (Phi) is 5.66. The monoisotopic (exact) mass is 226 g/mol. The first-order valence-corrected chi connectivity index (χ1v) is 5.91. The molecule has 0 aromatic carbocycles. The van der Waals surface area contributed by atoms with E-state index in [1.807, 2.05) is 18.3 Å². The molecular formula is C12H19ClN2. The van der Waals surface area contributed by atoms with Crippen LogP contribution in [0.25, 0.3) is 0 Å². The molecule has 0 bridgehead atoms. The summed E-state index contributed by atoms with van der Waals surface area (Å²) in [6, 6.07) is 3.87. The summed E-state index contributed by atoms with van der Waals surface area (Å²) in [5.41, 5.74) is 1.23. The maximum Gasteiger partial charge on any atom is 0.129 e. The van der Waals surface area contributed by atoms with Crippen molar-refractivity contribution in [1.82, 2.24) is 10.3 Å². The van der Waals surface area contributed by atoms with Crippen molar-refractivity contribution in [2.75, 3.05) is 13.1 Å². The molecule has 1 unspecified atom stereocenters. The van der Waals surface area contributed by atoms with E-state index in [2.05, 4.69) is 24.1 Å². The van der Waals surface area contributed by atoms with Gasteiger partial charge in [-0.15, -0.1) is 0 Å². The molecule has 0 saturated carbocycles. The molecule has 0 aliphatic carbocycles. The third-order valence-corrected chi connectivity index (χ3v) is 2.79. The number of hydrogen-bond donors (Lipinski definition) is 1. The van der Waals surface area contributed by atoms with Crippen LogP contribution in [0, 0.1) is 5.92 Å². The number of rotatable bonds is 6. The van der Waals surface area contributed by atoms with Crippen molar-refractivity contribution < 1.29 is 0 Å². The molecule has 1 N–H and O–H groups in total. The maximum atomic E-state index is 5.71. The molecule has 1 aromatic heterocycles. The van der Waals surface area contributed by atoms with Gasteiger partial charge in [0.1, 0.15) is 5.15 Å². The second kappa shape index (κ2) is 6.81. The van der Waals surface area contributed by atoms with Crippen LogP contribution < -0.4 is 5.32 Å². The molecule has 0 fully saturated rings. The Balaban J connectivity index is 2.17. The number of nitrogens with zero attached hydrogens (tertiary/aromatic N) is 1. The Morgan fingerprint density at radius 1 is 1.47 bits per heavy atom. The number of pyridine rings is 1. The molecule has 0 amide bonds. The molecule has 0 saturated heterocycles. The Bertz CT molecular complexity index is 271. The highest BCUT2D eigenvalue weighted by Gasteiger charge is 1.98. The molecule has 1 heterocycles. The van der Waals surface area contributed by atoms with Crippen molar-refractivity contribution in [3.63, 3.8) is 0 Å². The Hall–Kier alpha value is -0.600. The van der Waals surface area contributed by atoms with Gasteiger partial charge in [-0.1, -0.05) is 37.9 Å². The molecular weight excluding hydrogens is 208 g/mol. The molecule has 84 valence electrons. The van der Waals surface area contributed by atoms with Crippen LogP contribution in [0.3, 0.4) is 0 Å². The normalized spacial score (nSPS) is 12.7. The molecule has 15 heavy (non-hydrogen) atoms. The zero-order chi connectivity index (χ0) is 11.1. The standard InChI is InChI=1S/C12H19ClN2/c1-3-10(2)8-14-7-6-11-4-5-12(13)15-9-11/h4-5,9-10,14H,3,6-8H2,1-2H3. The Morgan fingerprint density at radius 2 is 2.27 bits per heavy atom. The summed E-state index contributed by atoms with van der Waals surface area (Å²) in [6.45, 7) is 6.58. The van der Waals surface area contributed by atoms with Crippen LogP contribution in [0.4, 0.5) is 0 Å². The van der Waals surface area contributed by atoms with Crippen LogP contribution in [0.15, 0.2) is 18.3 Å². The molecule has 0 aliphatic rings. The van der Waals surface area contributed by atoms with E-state index in [0.717, 1.165) is 25.4 Å². The van der Waals surface area contributed by atoms with Gasteiger partial charge in [0.15, 0.2) is 0 Å². The predicted octanol–water partition coefficient (Wildman–Crippen LogP) is 2.91. The summed E-state index contributed by atoms with van der Waals surface area (Å²) in [6.07, 6.45) is 4.09. The van der Waals surface area contributed by atoms with Crippen LogP contribution >= 0.6 is 11.6 Å². The second-order valence-corrected chi connectivity index (χ2v) is 4.34. The average Bonchev–Trinajstić information content (AvgIpc) is 2.26. The smallest absolute Gasteiger partial charge is 0.129 e. The molecule has 0 radical (unpaired) electrons. The zero-order valence-electron chi connectivity index (χ0n) is 9.46. The van der Waals surface area contributed by atoms with Crippen molar-refractivity contribution in [3.8, 4) is 0 Å². The Labute approximate surface area is 97.1 Å². The first kappa shape index (κ1) is 12.5. The van der Waals surface area contributed by atoms with Gasteiger partial charge >= 0.3 is 0 Å². The quantitative estimate of drug-likeness (QED) is 0.596. The van der Waals surface area contributed by atoms with Crippen LogP contribution in [-0.4, -0.2) is 18.1 Å². The van der Waals surface area contributed by atoms with Gasteiger partial charge in [0.05, 0.1) is 0 Å². The van der Waals surface area contributed by atoms with Gasteiger partial charge in [-0.25, -0.2) is 4.98 Å². The van der Waals surface area contributed by atoms with E-state index in [-0.39, 0.29) is 0 Å². The van der Waals surface area contributed by atoms with Crippen molar-refractivity contribution in [2.45, 2.75) is 26.7 Å². The summed E-state index contributed by atoms with van der Waals surface area (Å²) in [4.78, 5) is 4.05. The SMILES string of the molecule is CCC(C)CNCCc1ccc(Cl)nc1. The van der Waals surface area contributed by atoms with Crippen LogP contribution in [0.2, 0.25) is 5.15 Å². The van der Waals surface area contributed by atoms with E-state index < -0.39 is 0 Å². The highest BCUT2D eigenvalue weighted by atomic mass is 35.5. The lowest BCUT2D eigenvalue weighted by Crippen LogP contribution is -2.23. The van der Waals surface area contributed by atoms with Gasteiger partial charge < -0.3 is 5.32 Å². The maximum absolute atomic E-state index is 5.71. The lowest BCUT2D eigenvalue weighted by molar-refractivity contribution is 0.502. The third kappa shape index (κ3) is 5.14. The molecule has 1 rings (SSSR count).